The summed E-state index contributed by atoms with van der Waals surface area (Å²) in [6.07, 6.45) is 0. The second-order valence-electron chi connectivity index (χ2n) is 15.2. The third-order valence-electron chi connectivity index (χ3n) is 12.2. The van der Waals surface area contributed by atoms with Gasteiger partial charge in [0.05, 0.1) is 27.5 Å². The quantitative estimate of drug-likeness (QED) is 0.169. The Labute approximate surface area is 336 Å². The third-order valence-corrected chi connectivity index (χ3v) is 12.2. The van der Waals surface area contributed by atoms with Crippen molar-refractivity contribution in [3.05, 3.63) is 241 Å². The fourth-order valence-corrected chi connectivity index (χ4v) is 9.91. The zero-order valence-corrected chi connectivity index (χ0v) is 31.6. The van der Waals surface area contributed by atoms with Crippen molar-refractivity contribution in [1.29, 1.82) is 0 Å². The molecule has 3 heteroatoms. The molecule has 58 heavy (non-hydrogen) atoms. The van der Waals surface area contributed by atoms with E-state index < -0.39 is 5.41 Å². The van der Waals surface area contributed by atoms with Gasteiger partial charge in [-0.3, -0.25) is 0 Å². The van der Waals surface area contributed by atoms with Gasteiger partial charge in [-0.1, -0.05) is 164 Å². The number of hydrogen-bond donors (Lipinski definition) is 0. The number of anilines is 3. The van der Waals surface area contributed by atoms with Crippen LogP contribution in [0.1, 0.15) is 22.3 Å². The van der Waals surface area contributed by atoms with Crippen LogP contribution in [0, 0.1) is 0 Å². The van der Waals surface area contributed by atoms with Gasteiger partial charge in [0.25, 0.3) is 0 Å². The zero-order valence-electron chi connectivity index (χ0n) is 31.6. The van der Waals surface area contributed by atoms with E-state index in [4.69, 9.17) is 4.42 Å². The van der Waals surface area contributed by atoms with Gasteiger partial charge in [0.15, 0.2) is 0 Å². The summed E-state index contributed by atoms with van der Waals surface area (Å²) in [5, 5.41) is 4.62. The molecule has 0 fully saturated rings. The van der Waals surface area contributed by atoms with Crippen LogP contribution in [-0.2, 0) is 5.41 Å². The number of benzene rings is 9. The van der Waals surface area contributed by atoms with Crippen LogP contribution in [0.3, 0.4) is 0 Å². The molecule has 2 heterocycles. The van der Waals surface area contributed by atoms with Crippen LogP contribution in [0.15, 0.2) is 223 Å². The third kappa shape index (κ3) is 4.56. The van der Waals surface area contributed by atoms with Gasteiger partial charge in [-0.2, -0.15) is 0 Å². The Balaban J connectivity index is 1.24. The van der Waals surface area contributed by atoms with E-state index in [0.29, 0.717) is 0 Å². The highest BCUT2D eigenvalue weighted by Gasteiger charge is 2.48. The fraction of sp³-hybridized carbons (Fsp3) is 0.0182. The molecule has 0 saturated carbocycles. The lowest BCUT2D eigenvalue weighted by atomic mass is 9.67. The number of nitrogens with zero attached hydrogens (tertiary/aromatic N) is 2. The highest BCUT2D eigenvalue weighted by Crippen LogP contribution is 2.60. The number of fused-ring (bicyclic) bond motifs is 10. The summed E-state index contributed by atoms with van der Waals surface area (Å²) in [4.78, 5) is 2.45. The van der Waals surface area contributed by atoms with Gasteiger partial charge in [0, 0.05) is 38.8 Å². The molecule has 9 aromatic carbocycles. The molecule has 1 aliphatic rings. The lowest BCUT2D eigenvalue weighted by molar-refractivity contribution is 0.669. The molecule has 2 aromatic heterocycles. The van der Waals surface area contributed by atoms with Crippen molar-refractivity contribution in [2.45, 2.75) is 5.41 Å². The molecular formula is C55H36N2O. The van der Waals surface area contributed by atoms with E-state index in [-0.39, 0.29) is 0 Å². The zero-order chi connectivity index (χ0) is 38.2. The lowest BCUT2D eigenvalue weighted by Gasteiger charge is -2.35. The summed E-state index contributed by atoms with van der Waals surface area (Å²) in [6, 6.07) is 79.1. The minimum Gasteiger partial charge on any atom is -0.455 e. The highest BCUT2D eigenvalue weighted by molar-refractivity contribution is 6.19. The van der Waals surface area contributed by atoms with Crippen LogP contribution in [0.25, 0.3) is 60.6 Å². The summed E-state index contributed by atoms with van der Waals surface area (Å²) in [5.74, 6) is 0. The van der Waals surface area contributed by atoms with E-state index in [0.717, 1.165) is 55.8 Å². The Morgan fingerprint density at radius 2 is 1.02 bits per heavy atom. The Morgan fingerprint density at radius 3 is 1.76 bits per heavy atom. The number of para-hydroxylation sites is 4. The Morgan fingerprint density at radius 1 is 0.431 bits per heavy atom. The molecule has 12 rings (SSSR count). The molecule has 0 bridgehead atoms. The Hall–Kier alpha value is -7.62. The summed E-state index contributed by atoms with van der Waals surface area (Å²) in [5.41, 5.74) is 15.0. The Bertz CT molecular complexity index is 3290. The first-order valence-electron chi connectivity index (χ1n) is 19.9. The summed E-state index contributed by atoms with van der Waals surface area (Å²) in [6.45, 7) is 0. The van der Waals surface area contributed by atoms with Crippen molar-refractivity contribution in [1.82, 2.24) is 4.57 Å². The average Bonchev–Trinajstić information content (AvgIpc) is 3.94. The van der Waals surface area contributed by atoms with E-state index in [1.54, 1.807) is 0 Å². The minimum absolute atomic E-state index is 0.609. The maximum Gasteiger partial charge on any atom is 0.145 e. The van der Waals surface area contributed by atoms with Crippen LogP contribution >= 0.6 is 0 Å². The molecular weight excluding hydrogens is 705 g/mol. The van der Waals surface area contributed by atoms with Crippen LogP contribution < -0.4 is 4.90 Å². The number of rotatable bonds is 6. The molecule has 0 atom stereocenters. The van der Waals surface area contributed by atoms with Gasteiger partial charge < -0.3 is 13.9 Å². The molecule has 0 amide bonds. The van der Waals surface area contributed by atoms with Crippen molar-refractivity contribution in [2.24, 2.45) is 0 Å². The van der Waals surface area contributed by atoms with Crippen molar-refractivity contribution in [2.75, 3.05) is 4.90 Å². The topological polar surface area (TPSA) is 21.3 Å². The highest BCUT2D eigenvalue weighted by atomic mass is 16.3. The summed E-state index contributed by atoms with van der Waals surface area (Å²) in [7, 11) is 0. The largest absolute Gasteiger partial charge is 0.455 e. The van der Waals surface area contributed by atoms with Crippen LogP contribution in [0.5, 0.6) is 0 Å². The van der Waals surface area contributed by atoms with Crippen LogP contribution in [0.4, 0.5) is 17.1 Å². The van der Waals surface area contributed by atoms with Gasteiger partial charge in [-0.15, -0.1) is 0 Å². The van der Waals surface area contributed by atoms with Gasteiger partial charge in [0.1, 0.15) is 11.2 Å². The lowest BCUT2D eigenvalue weighted by Crippen LogP contribution is -2.28. The molecule has 272 valence electrons. The predicted octanol–water partition coefficient (Wildman–Crippen LogP) is 14.5. The molecule has 0 N–H and O–H groups in total. The van der Waals surface area contributed by atoms with Gasteiger partial charge in [-0.05, 0) is 82.4 Å². The Kier molecular flexibility index (Phi) is 7.14. The first-order chi connectivity index (χ1) is 28.8. The van der Waals surface area contributed by atoms with Gasteiger partial charge >= 0.3 is 0 Å². The van der Waals surface area contributed by atoms with Crippen molar-refractivity contribution >= 4 is 60.8 Å². The smallest absolute Gasteiger partial charge is 0.145 e. The van der Waals surface area contributed by atoms with E-state index in [9.17, 15) is 0 Å². The molecule has 0 spiro atoms. The molecule has 1 aliphatic carbocycles. The summed E-state index contributed by atoms with van der Waals surface area (Å²) >= 11 is 0. The molecule has 3 nitrogen and oxygen atoms in total. The standard InChI is InChI=1S/C55H36N2O/c1-5-19-37(20-6-1)55(38-21-7-2-8-22-38)46-30-16-13-28-44(46)52-47(55)36-50(53-45-29-15-18-32-51(45)58-54(52)53)56(39-23-9-3-10-24-39)41-33-34-43-42-27-14-17-31-48(42)57(49(43)35-41)40-25-11-4-12-26-40/h1-36H. The molecule has 0 saturated heterocycles. The first-order valence-corrected chi connectivity index (χ1v) is 19.9. The van der Waals surface area contributed by atoms with Crippen molar-refractivity contribution in [3.8, 4) is 16.8 Å². The fourth-order valence-electron chi connectivity index (χ4n) is 9.91. The van der Waals surface area contributed by atoms with Crippen LogP contribution in [0.2, 0.25) is 0 Å². The predicted molar refractivity (Wildman–Crippen MR) is 240 cm³/mol. The SMILES string of the molecule is c1ccc(N(c2ccc3c4ccccc4n(-c4ccccc4)c3c2)c2cc3c(c4oc5ccccc5c24)-c2ccccc2C3(c2ccccc2)c2ccccc2)cc1. The number of aromatic nitrogens is 1. The maximum absolute atomic E-state index is 7.14. The van der Waals surface area contributed by atoms with Gasteiger partial charge in [-0.25, -0.2) is 0 Å². The first kappa shape index (κ1) is 32.6. The van der Waals surface area contributed by atoms with Crippen molar-refractivity contribution < 1.29 is 4.42 Å². The second-order valence-corrected chi connectivity index (χ2v) is 15.2. The molecule has 0 aliphatic heterocycles. The normalized spacial score (nSPS) is 13.0. The van der Waals surface area contributed by atoms with Crippen molar-refractivity contribution in [3.63, 3.8) is 0 Å². The van der Waals surface area contributed by atoms with Crippen LogP contribution in [-0.4, -0.2) is 4.57 Å². The molecule has 0 unspecified atom stereocenters. The number of hydrogen-bond acceptors (Lipinski definition) is 2. The number of furan rings is 1. The van der Waals surface area contributed by atoms with E-state index in [1.165, 1.54) is 44.1 Å². The maximum atomic E-state index is 7.14. The minimum atomic E-state index is -0.609. The molecule has 11 aromatic rings. The second kappa shape index (κ2) is 12.7. The van der Waals surface area contributed by atoms with Gasteiger partial charge in [0.2, 0.25) is 0 Å². The van der Waals surface area contributed by atoms with E-state index >= 15 is 0 Å². The molecule has 0 radical (unpaired) electrons. The van der Waals surface area contributed by atoms with E-state index in [2.05, 4.69) is 228 Å². The average molecular weight is 741 g/mol. The van der Waals surface area contributed by atoms with E-state index in [1.807, 2.05) is 0 Å². The monoisotopic (exact) mass is 740 g/mol. The summed E-state index contributed by atoms with van der Waals surface area (Å²) < 4.78 is 9.53.